The molecule has 0 amide bonds. The fraction of sp³-hybridized carbons (Fsp3) is 0.750. The minimum Gasteiger partial charge on any atom is -0.479 e. The number of hydrogen-bond donors (Lipinski definition) is 2. The Labute approximate surface area is 65.8 Å². The molecule has 0 aromatic rings. The van der Waals surface area contributed by atoms with Crippen LogP contribution in [0.5, 0.6) is 0 Å². The van der Waals surface area contributed by atoms with Gasteiger partial charge in [-0.15, -0.1) is 0 Å². The third-order valence-electron chi connectivity index (χ3n) is 1.12. The summed E-state index contributed by atoms with van der Waals surface area (Å²) in [6, 6.07) is 0. The van der Waals surface area contributed by atoms with Crippen LogP contribution in [0, 0.1) is 0 Å². The van der Waals surface area contributed by atoms with Gasteiger partial charge in [-0.2, -0.15) is 0 Å². The molecule has 0 aliphatic heterocycles. The molecular formula is C4H6BiO3. The van der Waals surface area contributed by atoms with E-state index >= 15 is 0 Å². The zero-order valence-corrected chi connectivity index (χ0v) is 7.64. The van der Waals surface area contributed by atoms with Crippen LogP contribution in [0.3, 0.4) is 0 Å². The Morgan fingerprint density at radius 3 is 1.88 bits per heavy atom. The van der Waals surface area contributed by atoms with E-state index in [9.17, 15) is 4.79 Å². The first kappa shape index (κ1) is 8.31. The van der Waals surface area contributed by atoms with Gasteiger partial charge in [0.1, 0.15) is 0 Å². The van der Waals surface area contributed by atoms with Crippen molar-refractivity contribution in [2.75, 3.05) is 0 Å². The average Bonchev–Trinajstić information content (AvgIpc) is 2.21. The van der Waals surface area contributed by atoms with Gasteiger partial charge in [0.25, 0.3) is 0 Å². The second kappa shape index (κ2) is 2.28. The molecule has 3 radical (unpaired) electrons. The zero-order chi connectivity index (χ0) is 5.49. The quantitative estimate of drug-likeness (QED) is 0.625. The maximum absolute atomic E-state index is 9.83. The van der Waals surface area contributed by atoms with E-state index in [4.69, 9.17) is 10.2 Å². The van der Waals surface area contributed by atoms with Crippen molar-refractivity contribution in [3.63, 3.8) is 0 Å². The summed E-state index contributed by atoms with van der Waals surface area (Å²) in [5.41, 5.74) is -1.33. The molecule has 0 heterocycles. The van der Waals surface area contributed by atoms with Crippen LogP contribution in [-0.4, -0.2) is 48.0 Å². The van der Waals surface area contributed by atoms with Crippen LogP contribution in [0.2, 0.25) is 0 Å². The summed E-state index contributed by atoms with van der Waals surface area (Å²) in [6.07, 6.45) is 0.838. The predicted molar refractivity (Wildman–Crippen MR) is 27.6 cm³/mol. The molecule has 0 atom stereocenters. The van der Waals surface area contributed by atoms with Gasteiger partial charge < -0.3 is 10.2 Å². The Morgan fingerprint density at radius 2 is 1.88 bits per heavy atom. The van der Waals surface area contributed by atoms with E-state index in [1.54, 1.807) is 0 Å². The molecule has 0 spiro atoms. The summed E-state index contributed by atoms with van der Waals surface area (Å²) in [7, 11) is 0. The molecule has 45 valence electrons. The van der Waals surface area contributed by atoms with E-state index in [0.29, 0.717) is 12.8 Å². The van der Waals surface area contributed by atoms with Crippen LogP contribution >= 0.6 is 0 Å². The molecule has 0 saturated heterocycles. The van der Waals surface area contributed by atoms with Crippen molar-refractivity contribution in [1.82, 2.24) is 0 Å². The molecule has 1 rings (SSSR count). The standard InChI is InChI=1S/C4H6O3.Bi/c5-3(6)4(7)1-2-4;/h7H,1-2H2,(H,5,6);. The van der Waals surface area contributed by atoms with Gasteiger partial charge in [-0.05, 0) is 12.8 Å². The molecule has 4 heteroatoms. The first-order valence-electron chi connectivity index (χ1n) is 2.11. The van der Waals surface area contributed by atoms with Crippen molar-refractivity contribution < 1.29 is 15.0 Å². The fourth-order valence-corrected chi connectivity index (χ4v) is 0.332. The van der Waals surface area contributed by atoms with Gasteiger partial charge in [0, 0.05) is 26.2 Å². The Hall–Kier alpha value is 0.313. The van der Waals surface area contributed by atoms with Crippen molar-refractivity contribution in [1.29, 1.82) is 0 Å². The van der Waals surface area contributed by atoms with Crippen LogP contribution in [0.25, 0.3) is 0 Å². The van der Waals surface area contributed by atoms with Crippen molar-refractivity contribution in [2.45, 2.75) is 18.4 Å². The summed E-state index contributed by atoms with van der Waals surface area (Å²) < 4.78 is 0. The van der Waals surface area contributed by atoms with Gasteiger partial charge >= 0.3 is 5.97 Å². The zero-order valence-electron chi connectivity index (χ0n) is 4.16. The Morgan fingerprint density at radius 1 is 1.50 bits per heavy atom. The first-order valence-corrected chi connectivity index (χ1v) is 2.11. The van der Waals surface area contributed by atoms with Crippen LogP contribution < -0.4 is 0 Å². The van der Waals surface area contributed by atoms with Gasteiger partial charge in [-0.3, -0.25) is 0 Å². The molecule has 1 aliphatic carbocycles. The van der Waals surface area contributed by atoms with Crippen LogP contribution in [0.1, 0.15) is 12.8 Å². The second-order valence-corrected chi connectivity index (χ2v) is 1.84. The van der Waals surface area contributed by atoms with Gasteiger partial charge in [0.05, 0.1) is 0 Å². The summed E-state index contributed by atoms with van der Waals surface area (Å²) in [5, 5.41) is 16.7. The van der Waals surface area contributed by atoms with Gasteiger partial charge in [-0.1, -0.05) is 0 Å². The number of carboxylic acid groups (broad SMARTS) is 1. The molecular weight excluding hydrogens is 305 g/mol. The van der Waals surface area contributed by atoms with E-state index in [0.717, 1.165) is 0 Å². The first-order chi connectivity index (χ1) is 3.15. The number of carbonyl (C=O) groups is 1. The van der Waals surface area contributed by atoms with Crippen LogP contribution in [0.15, 0.2) is 0 Å². The number of hydrogen-bond acceptors (Lipinski definition) is 2. The van der Waals surface area contributed by atoms with E-state index in [1.807, 2.05) is 0 Å². The third kappa shape index (κ3) is 1.39. The normalized spacial score (nSPS) is 21.1. The molecule has 3 nitrogen and oxygen atoms in total. The smallest absolute Gasteiger partial charge is 0.335 e. The summed E-state index contributed by atoms with van der Waals surface area (Å²) in [5.74, 6) is -1.09. The maximum atomic E-state index is 9.83. The summed E-state index contributed by atoms with van der Waals surface area (Å²) in [4.78, 5) is 9.83. The van der Waals surface area contributed by atoms with Gasteiger partial charge in [0.15, 0.2) is 5.60 Å². The van der Waals surface area contributed by atoms with Crippen molar-refractivity contribution in [2.24, 2.45) is 0 Å². The number of rotatable bonds is 1. The molecule has 2 N–H and O–H groups in total. The Kier molecular flexibility index (Phi) is 2.37. The van der Waals surface area contributed by atoms with E-state index in [2.05, 4.69) is 0 Å². The minimum atomic E-state index is -1.33. The number of aliphatic carboxylic acids is 1. The molecule has 0 aromatic carbocycles. The van der Waals surface area contributed by atoms with Crippen LogP contribution in [0.4, 0.5) is 0 Å². The average molecular weight is 311 g/mol. The minimum absolute atomic E-state index is 0. The van der Waals surface area contributed by atoms with E-state index < -0.39 is 11.6 Å². The number of carboxylic acids is 1. The molecule has 1 saturated carbocycles. The fourth-order valence-electron chi connectivity index (χ4n) is 0.332. The molecule has 8 heavy (non-hydrogen) atoms. The number of aliphatic hydroxyl groups is 1. The molecule has 1 aliphatic rings. The summed E-state index contributed by atoms with van der Waals surface area (Å²) in [6.45, 7) is 0. The third-order valence-corrected chi connectivity index (χ3v) is 1.12. The molecule has 0 bridgehead atoms. The van der Waals surface area contributed by atoms with Gasteiger partial charge in [-0.25, -0.2) is 4.79 Å². The van der Waals surface area contributed by atoms with E-state index in [-0.39, 0.29) is 26.2 Å². The van der Waals surface area contributed by atoms with Crippen molar-refractivity contribution in [3.05, 3.63) is 0 Å². The van der Waals surface area contributed by atoms with E-state index in [1.165, 1.54) is 0 Å². The Bertz CT molecular complexity index is 108. The molecule has 0 aromatic heterocycles. The predicted octanol–water partition coefficient (Wildman–Crippen LogP) is -0.785. The molecule has 0 unspecified atom stereocenters. The largest absolute Gasteiger partial charge is 0.479 e. The topological polar surface area (TPSA) is 57.5 Å². The Balaban J connectivity index is 0.000000490. The summed E-state index contributed by atoms with van der Waals surface area (Å²) >= 11 is 0. The van der Waals surface area contributed by atoms with Crippen molar-refractivity contribution in [3.8, 4) is 0 Å². The second-order valence-electron chi connectivity index (χ2n) is 1.84. The van der Waals surface area contributed by atoms with Crippen LogP contribution in [-0.2, 0) is 4.79 Å². The molecule has 1 fully saturated rings. The monoisotopic (exact) mass is 311 g/mol. The van der Waals surface area contributed by atoms with Gasteiger partial charge in [0.2, 0.25) is 0 Å². The maximum Gasteiger partial charge on any atom is 0.335 e. The van der Waals surface area contributed by atoms with Crippen molar-refractivity contribution >= 4 is 32.2 Å². The SMILES string of the molecule is O=C(O)C1(O)CC1.[Bi].